The van der Waals surface area contributed by atoms with E-state index in [-0.39, 0.29) is 5.78 Å². The van der Waals surface area contributed by atoms with Crippen molar-refractivity contribution in [2.75, 3.05) is 0 Å². The molecule has 0 aromatic rings. The van der Waals surface area contributed by atoms with Gasteiger partial charge in [-0.15, -0.1) is 0 Å². The minimum atomic E-state index is -0.653. The zero-order valence-corrected chi connectivity index (χ0v) is 7.05. The Bertz CT molecular complexity index is 142. The molecule has 0 radical (unpaired) electrons. The Labute approximate surface area is 67.6 Å². The van der Waals surface area contributed by atoms with E-state index in [1.807, 2.05) is 0 Å². The van der Waals surface area contributed by atoms with Gasteiger partial charge in [0.05, 0.1) is 0 Å². The molecule has 1 rings (SSSR count). The van der Waals surface area contributed by atoms with Crippen molar-refractivity contribution in [2.24, 2.45) is 5.92 Å². The van der Waals surface area contributed by atoms with Crippen molar-refractivity contribution in [1.29, 1.82) is 0 Å². The second-order valence-corrected chi connectivity index (χ2v) is 3.41. The van der Waals surface area contributed by atoms with Crippen LogP contribution in [0.25, 0.3) is 0 Å². The molecule has 11 heavy (non-hydrogen) atoms. The van der Waals surface area contributed by atoms with Gasteiger partial charge in [-0.1, -0.05) is 19.8 Å². The number of aliphatic hydroxyl groups excluding tert-OH is 1. The van der Waals surface area contributed by atoms with Crippen LogP contribution in [0.4, 0.5) is 0 Å². The first-order chi connectivity index (χ1) is 5.24. The molecule has 1 aliphatic rings. The van der Waals surface area contributed by atoms with E-state index in [0.29, 0.717) is 18.8 Å². The number of carbonyl (C=O) groups excluding carboxylic acids is 1. The van der Waals surface area contributed by atoms with Crippen LogP contribution in [-0.4, -0.2) is 17.0 Å². The molecule has 2 atom stereocenters. The van der Waals surface area contributed by atoms with Crippen LogP contribution in [0.3, 0.4) is 0 Å². The van der Waals surface area contributed by atoms with Gasteiger partial charge < -0.3 is 5.11 Å². The molecule has 1 N–H and O–H groups in total. The molecule has 1 fully saturated rings. The van der Waals surface area contributed by atoms with Gasteiger partial charge in [-0.3, -0.25) is 4.79 Å². The van der Waals surface area contributed by atoms with Crippen molar-refractivity contribution >= 4 is 5.78 Å². The highest BCUT2D eigenvalue weighted by atomic mass is 16.3. The van der Waals surface area contributed by atoms with Crippen molar-refractivity contribution in [2.45, 2.75) is 45.1 Å². The summed E-state index contributed by atoms with van der Waals surface area (Å²) in [7, 11) is 0. The molecular formula is C9H16O2. The Morgan fingerprint density at radius 1 is 1.64 bits per heavy atom. The third-order valence-corrected chi connectivity index (χ3v) is 2.42. The van der Waals surface area contributed by atoms with Crippen molar-refractivity contribution in [3.8, 4) is 0 Å². The molecule has 0 aromatic carbocycles. The van der Waals surface area contributed by atoms with Gasteiger partial charge in [-0.05, 0) is 18.8 Å². The molecule has 0 aliphatic heterocycles. The summed E-state index contributed by atoms with van der Waals surface area (Å²) in [5.41, 5.74) is 0. The zero-order chi connectivity index (χ0) is 8.27. The monoisotopic (exact) mass is 156 g/mol. The number of ketones is 1. The van der Waals surface area contributed by atoms with E-state index in [4.69, 9.17) is 0 Å². The Morgan fingerprint density at radius 3 is 2.91 bits per heavy atom. The summed E-state index contributed by atoms with van der Waals surface area (Å²) in [6, 6.07) is 0. The standard InChI is InChI=1S/C9H16O2/c1-2-3-7-4-5-8(10)9(11)6-7/h7,9,11H,2-6H2,1H3. The highest BCUT2D eigenvalue weighted by Gasteiger charge is 2.25. The summed E-state index contributed by atoms with van der Waals surface area (Å²) in [6.07, 6.45) is 3.94. The van der Waals surface area contributed by atoms with Gasteiger partial charge in [0, 0.05) is 6.42 Å². The Hall–Kier alpha value is -0.370. The first kappa shape index (κ1) is 8.72. The molecule has 0 heterocycles. The van der Waals surface area contributed by atoms with E-state index < -0.39 is 6.10 Å². The third kappa shape index (κ3) is 2.29. The lowest BCUT2D eigenvalue weighted by atomic mass is 9.84. The summed E-state index contributed by atoms with van der Waals surface area (Å²) in [4.78, 5) is 10.9. The van der Waals surface area contributed by atoms with Crippen LogP contribution >= 0.6 is 0 Å². The molecule has 0 amide bonds. The minimum Gasteiger partial charge on any atom is -0.385 e. The SMILES string of the molecule is CCCC1CCC(=O)C(O)C1. The first-order valence-corrected chi connectivity index (χ1v) is 4.44. The van der Waals surface area contributed by atoms with Crippen LogP contribution in [0, 0.1) is 5.92 Å². The van der Waals surface area contributed by atoms with Crippen molar-refractivity contribution in [1.82, 2.24) is 0 Å². The van der Waals surface area contributed by atoms with Crippen molar-refractivity contribution in [3.05, 3.63) is 0 Å². The van der Waals surface area contributed by atoms with Gasteiger partial charge in [0.25, 0.3) is 0 Å². The molecule has 1 saturated carbocycles. The smallest absolute Gasteiger partial charge is 0.161 e. The van der Waals surface area contributed by atoms with E-state index in [9.17, 15) is 9.90 Å². The lowest BCUT2D eigenvalue weighted by Gasteiger charge is -2.24. The largest absolute Gasteiger partial charge is 0.385 e. The van der Waals surface area contributed by atoms with Crippen LogP contribution in [0.1, 0.15) is 39.0 Å². The Morgan fingerprint density at radius 2 is 2.36 bits per heavy atom. The van der Waals surface area contributed by atoms with E-state index >= 15 is 0 Å². The van der Waals surface area contributed by atoms with Gasteiger partial charge in [0.1, 0.15) is 6.10 Å². The van der Waals surface area contributed by atoms with Gasteiger partial charge in [0.15, 0.2) is 5.78 Å². The molecule has 1 aliphatic carbocycles. The zero-order valence-electron chi connectivity index (χ0n) is 7.05. The second kappa shape index (κ2) is 3.86. The molecule has 0 bridgehead atoms. The average Bonchev–Trinajstić information content (AvgIpc) is 1.98. The van der Waals surface area contributed by atoms with E-state index in [2.05, 4.69) is 6.92 Å². The molecule has 64 valence electrons. The molecule has 2 unspecified atom stereocenters. The van der Waals surface area contributed by atoms with E-state index in [0.717, 1.165) is 19.3 Å². The average molecular weight is 156 g/mol. The maximum absolute atomic E-state index is 10.9. The quantitative estimate of drug-likeness (QED) is 0.658. The van der Waals surface area contributed by atoms with Crippen molar-refractivity contribution < 1.29 is 9.90 Å². The summed E-state index contributed by atoms with van der Waals surface area (Å²) >= 11 is 0. The fourth-order valence-electron chi connectivity index (χ4n) is 1.75. The van der Waals surface area contributed by atoms with Crippen LogP contribution in [0.15, 0.2) is 0 Å². The molecule has 0 aromatic heterocycles. The molecule has 2 nitrogen and oxygen atoms in total. The summed E-state index contributed by atoms with van der Waals surface area (Å²) < 4.78 is 0. The van der Waals surface area contributed by atoms with Gasteiger partial charge in [0.2, 0.25) is 0 Å². The number of Topliss-reactive ketones (excluding diaryl/α,β-unsaturated/α-hetero) is 1. The van der Waals surface area contributed by atoms with Gasteiger partial charge in [-0.2, -0.15) is 0 Å². The maximum Gasteiger partial charge on any atom is 0.161 e. The molecule has 2 heteroatoms. The molecule has 0 saturated heterocycles. The first-order valence-electron chi connectivity index (χ1n) is 4.44. The van der Waals surface area contributed by atoms with Gasteiger partial charge in [-0.25, -0.2) is 0 Å². The lowest BCUT2D eigenvalue weighted by Crippen LogP contribution is -2.29. The molecule has 0 spiro atoms. The van der Waals surface area contributed by atoms with Crippen LogP contribution in [0.2, 0.25) is 0 Å². The fourth-order valence-corrected chi connectivity index (χ4v) is 1.75. The van der Waals surface area contributed by atoms with Crippen LogP contribution in [-0.2, 0) is 4.79 Å². The molecular weight excluding hydrogens is 140 g/mol. The predicted octanol–water partition coefficient (Wildman–Crippen LogP) is 1.52. The topological polar surface area (TPSA) is 37.3 Å². The number of rotatable bonds is 2. The Kier molecular flexibility index (Phi) is 3.06. The van der Waals surface area contributed by atoms with Crippen LogP contribution in [0.5, 0.6) is 0 Å². The predicted molar refractivity (Wildman–Crippen MR) is 43.3 cm³/mol. The maximum atomic E-state index is 10.9. The third-order valence-electron chi connectivity index (χ3n) is 2.42. The minimum absolute atomic E-state index is 0.0392. The fraction of sp³-hybridized carbons (Fsp3) is 0.889. The highest BCUT2D eigenvalue weighted by Crippen LogP contribution is 2.25. The summed E-state index contributed by atoms with van der Waals surface area (Å²) in [6.45, 7) is 2.14. The summed E-state index contributed by atoms with van der Waals surface area (Å²) in [5, 5.41) is 9.23. The summed E-state index contributed by atoms with van der Waals surface area (Å²) in [5.74, 6) is 0.630. The Balaban J connectivity index is 2.33. The van der Waals surface area contributed by atoms with E-state index in [1.54, 1.807) is 0 Å². The number of hydrogen-bond donors (Lipinski definition) is 1. The number of hydrogen-bond acceptors (Lipinski definition) is 2. The van der Waals surface area contributed by atoms with E-state index in [1.165, 1.54) is 0 Å². The lowest BCUT2D eigenvalue weighted by molar-refractivity contribution is -0.130. The van der Waals surface area contributed by atoms with Crippen molar-refractivity contribution in [3.63, 3.8) is 0 Å². The number of carbonyl (C=O) groups is 1. The number of aliphatic hydroxyl groups is 1. The highest BCUT2D eigenvalue weighted by molar-refractivity contribution is 5.83. The normalized spacial score (nSPS) is 32.4. The van der Waals surface area contributed by atoms with Gasteiger partial charge >= 0.3 is 0 Å². The second-order valence-electron chi connectivity index (χ2n) is 3.41. The van der Waals surface area contributed by atoms with Crippen LogP contribution < -0.4 is 0 Å².